The summed E-state index contributed by atoms with van der Waals surface area (Å²) in [5, 5.41) is 3.39. The smallest absolute Gasteiger partial charge is 0.251 e. The molecule has 0 aliphatic carbocycles. The van der Waals surface area contributed by atoms with E-state index >= 15 is 0 Å². The van der Waals surface area contributed by atoms with Crippen LogP contribution in [0.1, 0.15) is 41.9 Å². The molecule has 1 N–H and O–H groups in total. The van der Waals surface area contributed by atoms with Gasteiger partial charge in [0, 0.05) is 30.6 Å². The van der Waals surface area contributed by atoms with Crippen molar-refractivity contribution in [3.8, 4) is 0 Å². The standard InChI is InChI=1S/C18H21ClN2O3/c1-13(16-5-4-12-24-16)21(2)17(22)6-3-11-20-18(23)14-7-9-15(19)10-8-14/h4-5,7-10,12-13H,3,6,11H2,1-2H3,(H,20,23). The minimum atomic E-state index is -0.170. The molecule has 0 fully saturated rings. The highest BCUT2D eigenvalue weighted by molar-refractivity contribution is 6.30. The van der Waals surface area contributed by atoms with E-state index in [1.165, 1.54) is 0 Å². The molecular formula is C18H21ClN2O3. The van der Waals surface area contributed by atoms with Crippen molar-refractivity contribution in [3.63, 3.8) is 0 Å². The highest BCUT2D eigenvalue weighted by Gasteiger charge is 2.18. The fraction of sp³-hybridized carbons (Fsp3) is 0.333. The maximum Gasteiger partial charge on any atom is 0.251 e. The number of nitrogens with one attached hydrogen (secondary N) is 1. The van der Waals surface area contributed by atoms with Crippen LogP contribution < -0.4 is 5.32 Å². The normalized spacial score (nSPS) is 11.8. The van der Waals surface area contributed by atoms with Crippen LogP contribution in [0.5, 0.6) is 0 Å². The lowest BCUT2D eigenvalue weighted by Gasteiger charge is -2.23. The van der Waals surface area contributed by atoms with Crippen molar-refractivity contribution in [2.75, 3.05) is 13.6 Å². The van der Waals surface area contributed by atoms with Gasteiger partial charge in [-0.25, -0.2) is 0 Å². The number of halogens is 1. The van der Waals surface area contributed by atoms with Gasteiger partial charge in [0.1, 0.15) is 5.76 Å². The summed E-state index contributed by atoms with van der Waals surface area (Å²) < 4.78 is 5.32. The zero-order valence-corrected chi connectivity index (χ0v) is 14.5. The number of rotatable bonds is 7. The van der Waals surface area contributed by atoms with E-state index in [0.29, 0.717) is 30.0 Å². The highest BCUT2D eigenvalue weighted by Crippen LogP contribution is 2.19. The van der Waals surface area contributed by atoms with Crippen molar-refractivity contribution < 1.29 is 14.0 Å². The first-order valence-electron chi connectivity index (χ1n) is 7.82. The predicted molar refractivity (Wildman–Crippen MR) is 92.9 cm³/mol. The van der Waals surface area contributed by atoms with Gasteiger partial charge in [-0.1, -0.05) is 11.6 Å². The Labute approximate surface area is 146 Å². The molecule has 1 aromatic heterocycles. The molecule has 2 amide bonds. The lowest BCUT2D eigenvalue weighted by Crippen LogP contribution is -2.30. The van der Waals surface area contributed by atoms with Gasteiger partial charge < -0.3 is 14.6 Å². The van der Waals surface area contributed by atoms with Gasteiger partial charge in [0.15, 0.2) is 0 Å². The van der Waals surface area contributed by atoms with E-state index in [1.807, 2.05) is 13.0 Å². The molecule has 0 radical (unpaired) electrons. The molecule has 0 saturated carbocycles. The number of amides is 2. The predicted octanol–water partition coefficient (Wildman–Crippen LogP) is 3.66. The van der Waals surface area contributed by atoms with E-state index in [0.717, 1.165) is 5.76 Å². The summed E-state index contributed by atoms with van der Waals surface area (Å²) in [7, 11) is 1.75. The molecule has 6 heteroatoms. The molecule has 1 unspecified atom stereocenters. The summed E-state index contributed by atoms with van der Waals surface area (Å²) in [5.74, 6) is 0.595. The number of hydrogen-bond donors (Lipinski definition) is 1. The van der Waals surface area contributed by atoms with Crippen LogP contribution in [0.25, 0.3) is 0 Å². The third-order valence-electron chi connectivity index (χ3n) is 3.89. The first-order chi connectivity index (χ1) is 11.5. The van der Waals surface area contributed by atoms with Crippen molar-refractivity contribution in [3.05, 3.63) is 59.0 Å². The largest absolute Gasteiger partial charge is 0.467 e. The average Bonchev–Trinajstić information content (AvgIpc) is 3.12. The number of benzene rings is 1. The van der Waals surface area contributed by atoms with Crippen LogP contribution in [0.3, 0.4) is 0 Å². The van der Waals surface area contributed by atoms with Crippen LogP contribution in [-0.4, -0.2) is 30.3 Å². The van der Waals surface area contributed by atoms with Gasteiger partial charge in [-0.3, -0.25) is 9.59 Å². The van der Waals surface area contributed by atoms with E-state index in [1.54, 1.807) is 48.5 Å². The monoisotopic (exact) mass is 348 g/mol. The summed E-state index contributed by atoms with van der Waals surface area (Å²) in [5.41, 5.74) is 0.550. The maximum absolute atomic E-state index is 12.2. The maximum atomic E-state index is 12.2. The van der Waals surface area contributed by atoms with E-state index < -0.39 is 0 Å². The lowest BCUT2D eigenvalue weighted by atomic mass is 10.2. The number of carbonyl (C=O) groups is 2. The summed E-state index contributed by atoms with van der Waals surface area (Å²) >= 11 is 5.79. The molecule has 5 nitrogen and oxygen atoms in total. The second-order valence-corrected chi connectivity index (χ2v) is 6.00. The first-order valence-corrected chi connectivity index (χ1v) is 8.19. The Morgan fingerprint density at radius 1 is 1.25 bits per heavy atom. The van der Waals surface area contributed by atoms with Gasteiger partial charge in [0.25, 0.3) is 5.91 Å². The van der Waals surface area contributed by atoms with Crippen LogP contribution in [0.2, 0.25) is 5.02 Å². The van der Waals surface area contributed by atoms with Crippen LogP contribution in [0, 0.1) is 0 Å². The summed E-state index contributed by atoms with van der Waals surface area (Å²) in [6.07, 6.45) is 2.53. The molecule has 24 heavy (non-hydrogen) atoms. The molecular weight excluding hydrogens is 328 g/mol. The Kier molecular flexibility index (Phi) is 6.44. The number of nitrogens with zero attached hydrogens (tertiary/aromatic N) is 1. The molecule has 0 spiro atoms. The SMILES string of the molecule is CC(c1ccco1)N(C)C(=O)CCCNC(=O)c1ccc(Cl)cc1. The second kappa shape index (κ2) is 8.55. The van der Waals surface area contributed by atoms with E-state index in [-0.39, 0.29) is 17.9 Å². The molecule has 128 valence electrons. The lowest BCUT2D eigenvalue weighted by molar-refractivity contribution is -0.132. The number of furan rings is 1. The van der Waals surface area contributed by atoms with Crippen molar-refractivity contribution in [1.29, 1.82) is 0 Å². The van der Waals surface area contributed by atoms with Crippen LogP contribution in [-0.2, 0) is 4.79 Å². The minimum absolute atomic E-state index is 0.0136. The van der Waals surface area contributed by atoms with Gasteiger partial charge in [0.05, 0.1) is 12.3 Å². The van der Waals surface area contributed by atoms with Crippen molar-refractivity contribution >= 4 is 23.4 Å². The average molecular weight is 349 g/mol. The zero-order chi connectivity index (χ0) is 17.5. The summed E-state index contributed by atoms with van der Waals surface area (Å²) in [6, 6.07) is 10.2. The van der Waals surface area contributed by atoms with Gasteiger partial charge in [0.2, 0.25) is 5.91 Å². The molecule has 0 saturated heterocycles. The van der Waals surface area contributed by atoms with Gasteiger partial charge in [-0.15, -0.1) is 0 Å². The molecule has 2 rings (SSSR count). The Morgan fingerprint density at radius 2 is 1.96 bits per heavy atom. The Balaban J connectivity index is 1.72. The second-order valence-electron chi connectivity index (χ2n) is 5.56. The quantitative estimate of drug-likeness (QED) is 0.777. The van der Waals surface area contributed by atoms with E-state index in [4.69, 9.17) is 16.0 Å². The Morgan fingerprint density at radius 3 is 2.58 bits per heavy atom. The van der Waals surface area contributed by atoms with Gasteiger partial charge in [-0.05, 0) is 49.7 Å². The topological polar surface area (TPSA) is 62.6 Å². The van der Waals surface area contributed by atoms with E-state index in [2.05, 4.69) is 5.32 Å². The van der Waals surface area contributed by atoms with Crippen LogP contribution in [0.4, 0.5) is 0 Å². The first kappa shape index (κ1) is 18.1. The van der Waals surface area contributed by atoms with Gasteiger partial charge in [-0.2, -0.15) is 0 Å². The Hall–Kier alpha value is -2.27. The molecule has 1 atom stereocenters. The Bertz CT molecular complexity index is 668. The van der Waals surface area contributed by atoms with Crippen LogP contribution in [0.15, 0.2) is 47.1 Å². The molecule has 1 heterocycles. The third kappa shape index (κ3) is 4.86. The highest BCUT2D eigenvalue weighted by atomic mass is 35.5. The van der Waals surface area contributed by atoms with Gasteiger partial charge >= 0.3 is 0 Å². The zero-order valence-electron chi connectivity index (χ0n) is 13.8. The van der Waals surface area contributed by atoms with Crippen molar-refractivity contribution in [2.24, 2.45) is 0 Å². The summed E-state index contributed by atoms with van der Waals surface area (Å²) in [6.45, 7) is 2.36. The number of carbonyl (C=O) groups excluding carboxylic acids is 2. The third-order valence-corrected chi connectivity index (χ3v) is 4.14. The van der Waals surface area contributed by atoms with Crippen molar-refractivity contribution in [1.82, 2.24) is 10.2 Å². The molecule has 0 aliphatic rings. The molecule has 0 bridgehead atoms. The summed E-state index contributed by atoms with van der Waals surface area (Å²) in [4.78, 5) is 25.8. The fourth-order valence-corrected chi connectivity index (χ4v) is 2.38. The number of hydrogen-bond acceptors (Lipinski definition) is 3. The fourth-order valence-electron chi connectivity index (χ4n) is 2.26. The van der Waals surface area contributed by atoms with Crippen molar-refractivity contribution in [2.45, 2.75) is 25.8 Å². The minimum Gasteiger partial charge on any atom is -0.467 e. The van der Waals surface area contributed by atoms with Crippen LogP contribution >= 0.6 is 11.6 Å². The molecule has 1 aromatic carbocycles. The molecule has 0 aliphatic heterocycles. The van der Waals surface area contributed by atoms with E-state index in [9.17, 15) is 9.59 Å². The molecule has 2 aromatic rings.